The lowest BCUT2D eigenvalue weighted by molar-refractivity contribution is -0.199. The van der Waals surface area contributed by atoms with Gasteiger partial charge in [-0.2, -0.15) is 0 Å². The van der Waals surface area contributed by atoms with Crippen molar-refractivity contribution in [1.29, 1.82) is 0 Å². The number of hydrogen-bond donors (Lipinski definition) is 2. The lowest BCUT2D eigenvalue weighted by atomic mass is 9.43. The molecule has 4 saturated carbocycles. The highest BCUT2D eigenvalue weighted by atomic mass is 16.7. The summed E-state index contributed by atoms with van der Waals surface area (Å²) in [5, 5.41) is 12.3. The monoisotopic (exact) mass is 770 g/mol. The summed E-state index contributed by atoms with van der Waals surface area (Å²) in [4.78, 5) is 54.3. The van der Waals surface area contributed by atoms with Gasteiger partial charge in [0.1, 0.15) is 40.3 Å². The Balaban J connectivity index is 1.24. The zero-order valence-electron chi connectivity index (χ0n) is 34.4. The van der Waals surface area contributed by atoms with Crippen LogP contribution in [0.25, 0.3) is 0 Å². The number of carbonyl (C=O) groups excluding carboxylic acids is 4. The summed E-state index contributed by atoms with van der Waals surface area (Å²) in [7, 11) is -0.448. The number of ether oxygens (including phenoxy) is 5. The number of benzene rings is 1. The van der Waals surface area contributed by atoms with Gasteiger partial charge >= 0.3 is 25.3 Å². The predicted molar refractivity (Wildman–Crippen MR) is 201 cm³/mol. The minimum Gasteiger partial charge on any atom is -0.486 e. The molecule has 2 saturated heterocycles. The van der Waals surface area contributed by atoms with Crippen molar-refractivity contribution in [3.05, 3.63) is 23.3 Å². The van der Waals surface area contributed by atoms with E-state index in [0.717, 1.165) is 12.8 Å². The molecule has 7 atom stereocenters. The van der Waals surface area contributed by atoms with Crippen molar-refractivity contribution in [2.24, 2.45) is 17.3 Å². The molecule has 2 amide bonds. The molecule has 15 heteroatoms. The summed E-state index contributed by atoms with van der Waals surface area (Å²) in [5.74, 6) is -0.384. The van der Waals surface area contributed by atoms with Gasteiger partial charge in [0.25, 0.3) is 0 Å². The van der Waals surface area contributed by atoms with E-state index in [1.165, 1.54) is 4.90 Å². The van der Waals surface area contributed by atoms with E-state index in [4.69, 9.17) is 33.0 Å². The number of carbonyl (C=O) groups is 4. The second-order valence-electron chi connectivity index (χ2n) is 19.6. The van der Waals surface area contributed by atoms with Crippen LogP contribution in [-0.4, -0.2) is 102 Å². The van der Waals surface area contributed by atoms with Crippen molar-refractivity contribution in [3.63, 3.8) is 0 Å². The maximum absolute atomic E-state index is 14.1. The number of rotatable bonds is 9. The molecule has 0 aromatic heterocycles. The van der Waals surface area contributed by atoms with Crippen LogP contribution in [0.1, 0.15) is 124 Å². The number of nitrogens with zero attached hydrogens (tertiary/aromatic N) is 1. The van der Waals surface area contributed by atoms with Crippen molar-refractivity contribution >= 4 is 31.2 Å². The van der Waals surface area contributed by atoms with E-state index in [-0.39, 0.29) is 59.0 Å². The summed E-state index contributed by atoms with van der Waals surface area (Å²) in [6.45, 7) is 21.8. The molecular formula is C40H59BN2O12. The second kappa shape index (κ2) is 14.1. The molecule has 6 aliphatic rings. The van der Waals surface area contributed by atoms with Gasteiger partial charge in [-0.15, -0.1) is 0 Å². The Morgan fingerprint density at radius 2 is 1.56 bits per heavy atom. The molecule has 4 unspecified atom stereocenters. The molecular weight excluding hydrogens is 711 g/mol. The van der Waals surface area contributed by atoms with Gasteiger partial charge < -0.3 is 48.3 Å². The first-order valence-corrected chi connectivity index (χ1v) is 19.5. The summed E-state index contributed by atoms with van der Waals surface area (Å²) in [6.07, 6.45) is 0.402. The minimum absolute atomic E-state index is 0.00998. The second-order valence-corrected chi connectivity index (χ2v) is 19.6. The molecule has 0 spiro atoms. The number of aliphatic hydroxyl groups is 1. The van der Waals surface area contributed by atoms with E-state index in [2.05, 4.69) is 26.1 Å². The summed E-state index contributed by atoms with van der Waals surface area (Å²) >= 11 is 0. The van der Waals surface area contributed by atoms with Crippen molar-refractivity contribution in [2.75, 3.05) is 19.7 Å². The Morgan fingerprint density at radius 3 is 2.15 bits per heavy atom. The average molecular weight is 771 g/mol. The van der Waals surface area contributed by atoms with E-state index in [1.807, 2.05) is 0 Å². The zero-order chi connectivity index (χ0) is 40.6. The van der Waals surface area contributed by atoms with E-state index in [0.29, 0.717) is 23.8 Å². The lowest BCUT2D eigenvalue weighted by Crippen LogP contribution is -2.65. The Bertz CT molecular complexity index is 1690. The van der Waals surface area contributed by atoms with Crippen LogP contribution < -0.4 is 14.8 Å². The fraction of sp³-hybridized carbons (Fsp3) is 0.750. The summed E-state index contributed by atoms with van der Waals surface area (Å²) < 4.78 is 42.3. The molecule has 7 rings (SSSR count). The molecule has 4 aliphatic carbocycles. The van der Waals surface area contributed by atoms with Gasteiger partial charge in [-0.25, -0.2) is 14.4 Å². The van der Waals surface area contributed by atoms with Crippen LogP contribution in [0.3, 0.4) is 0 Å². The van der Waals surface area contributed by atoms with Crippen LogP contribution in [0, 0.1) is 17.3 Å². The van der Waals surface area contributed by atoms with Crippen LogP contribution >= 0.6 is 0 Å². The molecule has 14 nitrogen and oxygen atoms in total. The Morgan fingerprint density at radius 1 is 0.927 bits per heavy atom. The van der Waals surface area contributed by atoms with Crippen molar-refractivity contribution in [1.82, 2.24) is 10.2 Å². The number of aliphatic hydroxyl groups excluding tert-OH is 1. The first-order valence-electron chi connectivity index (χ1n) is 19.5. The van der Waals surface area contributed by atoms with Gasteiger partial charge in [-0.3, -0.25) is 4.79 Å². The fourth-order valence-electron chi connectivity index (χ4n) is 8.64. The van der Waals surface area contributed by atoms with Crippen molar-refractivity contribution < 1.29 is 57.3 Å². The number of amides is 2. The topological polar surface area (TPSA) is 168 Å². The molecule has 55 heavy (non-hydrogen) atoms. The molecule has 2 aliphatic heterocycles. The third-order valence-electron chi connectivity index (χ3n) is 11.5. The van der Waals surface area contributed by atoms with Gasteiger partial charge in [0, 0.05) is 5.82 Å². The first kappa shape index (κ1) is 41.1. The standard InChI is InChI=1S/C40H59BN2O12/c1-36(2,3)51-33(46)30-27(49-22-18-43(19-22)32(45)26(20-44)42-34(47)52-37(4,5)6)14-13-23(31(30)50-35(48)53-38(7,8)9)24-17-25(24)41-54-29-16-21-15-28(39(21,10)11)40(29,12)55-41/h13-14,21-22,24-26,28-29,44H,15-20H2,1-12H3,(H,42,47)/t21-,24?,25?,26?,28-,29?,40-/m0/s1. The van der Waals surface area contributed by atoms with E-state index in [1.54, 1.807) is 74.4 Å². The molecule has 1 aromatic rings. The molecule has 0 radical (unpaired) electrons. The molecule has 2 heterocycles. The molecule has 2 N–H and O–H groups in total. The maximum Gasteiger partial charge on any atom is 0.514 e. The number of likely N-dealkylation sites (tertiary alicyclic amines) is 1. The molecule has 304 valence electrons. The number of hydrogen-bond acceptors (Lipinski definition) is 12. The lowest BCUT2D eigenvalue weighted by Gasteiger charge is -2.64. The highest BCUT2D eigenvalue weighted by molar-refractivity contribution is 6.49. The third-order valence-corrected chi connectivity index (χ3v) is 11.5. The smallest absolute Gasteiger partial charge is 0.486 e. The van der Waals surface area contributed by atoms with Crippen LogP contribution in [0.15, 0.2) is 12.1 Å². The van der Waals surface area contributed by atoms with Gasteiger partial charge in [-0.1, -0.05) is 19.9 Å². The largest absolute Gasteiger partial charge is 0.514 e. The third kappa shape index (κ3) is 8.58. The molecule has 2 bridgehead atoms. The Kier molecular flexibility index (Phi) is 10.6. The summed E-state index contributed by atoms with van der Waals surface area (Å²) in [5.41, 5.74) is -2.23. The van der Waals surface area contributed by atoms with E-state index < -0.39 is 66.8 Å². The number of nitrogens with one attached hydrogen (secondary N) is 1. The Hall–Kier alpha value is -3.56. The molecule has 6 fully saturated rings. The average Bonchev–Trinajstić information content (AvgIpc) is 3.71. The van der Waals surface area contributed by atoms with E-state index in [9.17, 15) is 24.3 Å². The van der Waals surface area contributed by atoms with Crippen LogP contribution in [0.4, 0.5) is 9.59 Å². The van der Waals surface area contributed by atoms with Crippen LogP contribution in [0.2, 0.25) is 5.82 Å². The number of esters is 1. The normalized spacial score (nSPS) is 28.9. The number of alkyl carbamates (subject to hydrolysis) is 1. The summed E-state index contributed by atoms with van der Waals surface area (Å²) in [6, 6.07) is 2.22. The quantitative estimate of drug-likeness (QED) is 0.130. The fourth-order valence-corrected chi connectivity index (χ4v) is 8.64. The zero-order valence-corrected chi connectivity index (χ0v) is 34.4. The van der Waals surface area contributed by atoms with Crippen LogP contribution in [-0.2, 0) is 28.3 Å². The van der Waals surface area contributed by atoms with Gasteiger partial charge in [0.05, 0.1) is 31.4 Å². The van der Waals surface area contributed by atoms with Crippen molar-refractivity contribution in [2.45, 2.75) is 155 Å². The molecule has 1 aromatic carbocycles. The predicted octanol–water partition coefficient (Wildman–Crippen LogP) is 6.02. The van der Waals surface area contributed by atoms with Crippen molar-refractivity contribution in [3.8, 4) is 11.5 Å². The van der Waals surface area contributed by atoms with Gasteiger partial charge in [0.15, 0.2) is 5.75 Å². The van der Waals surface area contributed by atoms with E-state index >= 15 is 0 Å². The van der Waals surface area contributed by atoms with Gasteiger partial charge in [0.2, 0.25) is 5.91 Å². The first-order chi connectivity index (χ1) is 25.3. The minimum atomic E-state index is -1.22. The van der Waals surface area contributed by atoms with Gasteiger partial charge in [-0.05, 0) is 123 Å². The Labute approximate surface area is 324 Å². The highest BCUT2D eigenvalue weighted by Gasteiger charge is 2.70. The van der Waals surface area contributed by atoms with Crippen LogP contribution in [0.5, 0.6) is 11.5 Å². The highest BCUT2D eigenvalue weighted by Crippen LogP contribution is 2.68. The SMILES string of the molecule is CC(C)(C)OC(=O)NC(CO)C(=O)N1CC(Oc2ccc(C3CC3B3OC4C[C@@H]5C[C@@H](C5(C)C)[C@]4(C)O3)c(OC(=O)OC(C)(C)C)c2C(=O)OC(C)(C)C)C1. The maximum atomic E-state index is 14.1.